The molecule has 2 heterocycles. The molecule has 0 saturated heterocycles. The van der Waals surface area contributed by atoms with E-state index >= 15 is 0 Å². The highest BCUT2D eigenvalue weighted by molar-refractivity contribution is 7.99. The minimum absolute atomic E-state index is 0.0406. The lowest BCUT2D eigenvalue weighted by Gasteiger charge is -2.19. The molecule has 0 aromatic carbocycles. The average Bonchev–Trinajstić information content (AvgIpc) is 2.95. The molecule has 0 unspecified atom stereocenters. The second kappa shape index (κ2) is 8.84. The maximum absolute atomic E-state index is 12.4. The van der Waals surface area contributed by atoms with Gasteiger partial charge in [-0.25, -0.2) is 4.68 Å². The highest BCUT2D eigenvalue weighted by Gasteiger charge is 2.20. The Morgan fingerprint density at radius 3 is 2.83 bits per heavy atom. The molecule has 0 fully saturated rings. The van der Waals surface area contributed by atoms with Crippen LogP contribution in [0, 0.1) is 0 Å². The Hall–Kier alpha value is -1.86. The van der Waals surface area contributed by atoms with Gasteiger partial charge in [0.1, 0.15) is 11.5 Å². The Balaban J connectivity index is 2.08. The van der Waals surface area contributed by atoms with Crippen LogP contribution in [0.3, 0.4) is 0 Å². The minimum Gasteiger partial charge on any atom is -0.308 e. The topological polar surface area (TPSA) is 68.1 Å². The molecule has 0 atom stereocenters. The van der Waals surface area contributed by atoms with Crippen molar-refractivity contribution in [2.45, 2.75) is 20.3 Å². The van der Waals surface area contributed by atoms with Crippen molar-refractivity contribution in [2.24, 2.45) is 0 Å². The quantitative estimate of drug-likeness (QED) is 0.672. The maximum Gasteiger partial charge on any atom is 0.227 e. The summed E-state index contributed by atoms with van der Waals surface area (Å²) >= 11 is 7.68. The summed E-state index contributed by atoms with van der Waals surface area (Å²) in [6, 6.07) is 3.66. The van der Waals surface area contributed by atoms with Crippen LogP contribution in [-0.4, -0.2) is 44.5 Å². The number of ketones is 1. The van der Waals surface area contributed by atoms with Gasteiger partial charge in [0.15, 0.2) is 5.15 Å². The van der Waals surface area contributed by atoms with E-state index in [1.54, 1.807) is 41.2 Å². The van der Waals surface area contributed by atoms with Crippen LogP contribution in [0.15, 0.2) is 30.7 Å². The molecule has 128 valence electrons. The van der Waals surface area contributed by atoms with Crippen LogP contribution >= 0.6 is 23.4 Å². The molecule has 0 aliphatic heterocycles. The lowest BCUT2D eigenvalue weighted by atomic mass is 10.3. The van der Waals surface area contributed by atoms with E-state index in [1.165, 1.54) is 11.8 Å². The fourth-order valence-corrected chi connectivity index (χ4v) is 3.12. The number of carbonyl (C=O) groups excluding carboxylic acids is 2. The molecule has 0 radical (unpaired) electrons. The summed E-state index contributed by atoms with van der Waals surface area (Å²) < 4.78 is 1.60. The van der Waals surface area contributed by atoms with Gasteiger partial charge >= 0.3 is 0 Å². The molecule has 0 spiro atoms. The molecule has 2 aromatic heterocycles. The van der Waals surface area contributed by atoms with E-state index in [2.05, 4.69) is 10.1 Å². The Kier molecular flexibility index (Phi) is 6.81. The zero-order valence-corrected chi connectivity index (χ0v) is 15.2. The third kappa shape index (κ3) is 4.82. The summed E-state index contributed by atoms with van der Waals surface area (Å²) in [5.41, 5.74) is 1.34. The summed E-state index contributed by atoms with van der Waals surface area (Å²) in [5.74, 6) is 1.10. The second-order valence-electron chi connectivity index (χ2n) is 5.10. The van der Waals surface area contributed by atoms with Gasteiger partial charge in [0, 0.05) is 24.9 Å². The number of carbonyl (C=O) groups is 2. The van der Waals surface area contributed by atoms with Crippen LogP contribution in [0.2, 0.25) is 5.15 Å². The third-order valence-corrected chi connectivity index (χ3v) is 4.61. The fraction of sp³-hybridized carbons (Fsp3) is 0.375. The van der Waals surface area contributed by atoms with Gasteiger partial charge in [0.25, 0.3) is 0 Å². The molecule has 1 amide bonds. The number of Topliss-reactive ketones (excluding diaryl/α,β-unsaturated/α-hetero) is 1. The zero-order valence-electron chi connectivity index (χ0n) is 13.6. The number of anilines is 1. The molecule has 0 saturated carbocycles. The predicted octanol–water partition coefficient (Wildman–Crippen LogP) is 2.99. The van der Waals surface area contributed by atoms with E-state index in [0.717, 1.165) is 5.69 Å². The van der Waals surface area contributed by atoms with E-state index in [1.807, 2.05) is 13.0 Å². The predicted molar refractivity (Wildman–Crippen MR) is 97.0 cm³/mol. The molecular weight excluding hydrogens is 348 g/mol. The fourth-order valence-electron chi connectivity index (χ4n) is 2.14. The summed E-state index contributed by atoms with van der Waals surface area (Å²) in [7, 11) is 0. The summed E-state index contributed by atoms with van der Waals surface area (Å²) in [4.78, 5) is 29.0. The number of thioether (sulfide) groups is 1. The first-order valence-electron chi connectivity index (χ1n) is 7.56. The van der Waals surface area contributed by atoms with Gasteiger partial charge in [-0.05, 0) is 26.0 Å². The Morgan fingerprint density at radius 2 is 2.21 bits per heavy atom. The second-order valence-corrected chi connectivity index (χ2v) is 6.57. The van der Waals surface area contributed by atoms with Gasteiger partial charge < -0.3 is 4.90 Å². The van der Waals surface area contributed by atoms with E-state index in [-0.39, 0.29) is 16.8 Å². The monoisotopic (exact) mass is 366 g/mol. The number of hydrogen-bond donors (Lipinski definition) is 0. The van der Waals surface area contributed by atoms with Gasteiger partial charge in [-0.15, -0.1) is 0 Å². The van der Waals surface area contributed by atoms with E-state index in [0.29, 0.717) is 30.2 Å². The van der Waals surface area contributed by atoms with Crippen LogP contribution in [0.5, 0.6) is 0 Å². The first-order valence-corrected chi connectivity index (χ1v) is 9.09. The Labute approximate surface area is 150 Å². The molecule has 0 bridgehead atoms. The number of aromatic nitrogens is 3. The van der Waals surface area contributed by atoms with Gasteiger partial charge in [0.2, 0.25) is 5.91 Å². The number of rotatable bonds is 8. The first kappa shape index (κ1) is 18.5. The largest absolute Gasteiger partial charge is 0.308 e. The van der Waals surface area contributed by atoms with Gasteiger partial charge in [-0.2, -0.15) is 16.9 Å². The molecule has 0 N–H and O–H groups in total. The molecule has 0 aliphatic rings. The average molecular weight is 367 g/mol. The van der Waals surface area contributed by atoms with Crippen LogP contribution in [-0.2, 0) is 9.59 Å². The summed E-state index contributed by atoms with van der Waals surface area (Å²) in [6.07, 6.45) is 5.42. The molecular formula is C16H19ClN4O2S. The number of halogens is 1. The molecule has 8 heteroatoms. The van der Waals surface area contributed by atoms with Crippen molar-refractivity contribution in [2.75, 3.05) is 23.0 Å². The lowest BCUT2D eigenvalue weighted by Crippen LogP contribution is -2.30. The number of hydrogen-bond acceptors (Lipinski definition) is 5. The SMILES string of the molecule is CCN(C(=O)CCSCC(C)=O)c1cn(-c2cccnc2)nc1Cl. The Bertz CT molecular complexity index is 705. The van der Waals surface area contributed by atoms with Crippen molar-refractivity contribution < 1.29 is 9.59 Å². The first-order chi connectivity index (χ1) is 11.5. The third-order valence-electron chi connectivity index (χ3n) is 3.24. The van der Waals surface area contributed by atoms with Gasteiger partial charge in [-0.1, -0.05) is 11.6 Å². The van der Waals surface area contributed by atoms with Crippen LogP contribution in [0.4, 0.5) is 5.69 Å². The van der Waals surface area contributed by atoms with Crippen molar-refractivity contribution in [1.82, 2.24) is 14.8 Å². The van der Waals surface area contributed by atoms with Crippen LogP contribution < -0.4 is 4.90 Å². The molecule has 2 aromatic rings. The summed E-state index contributed by atoms with van der Waals surface area (Å²) in [6.45, 7) is 3.92. The van der Waals surface area contributed by atoms with E-state index < -0.39 is 0 Å². The number of nitrogens with zero attached hydrogens (tertiary/aromatic N) is 4. The van der Waals surface area contributed by atoms with Crippen molar-refractivity contribution in [3.63, 3.8) is 0 Å². The summed E-state index contributed by atoms with van der Waals surface area (Å²) in [5, 5.41) is 4.52. The van der Waals surface area contributed by atoms with E-state index in [9.17, 15) is 9.59 Å². The van der Waals surface area contributed by atoms with Crippen molar-refractivity contribution in [1.29, 1.82) is 0 Å². The lowest BCUT2D eigenvalue weighted by molar-refractivity contribution is -0.118. The Morgan fingerprint density at radius 1 is 1.42 bits per heavy atom. The van der Waals surface area contributed by atoms with Crippen molar-refractivity contribution in [3.8, 4) is 5.69 Å². The number of amides is 1. The molecule has 6 nitrogen and oxygen atoms in total. The van der Waals surface area contributed by atoms with Crippen molar-refractivity contribution in [3.05, 3.63) is 35.9 Å². The zero-order chi connectivity index (χ0) is 17.5. The minimum atomic E-state index is -0.0406. The molecule has 0 aliphatic carbocycles. The highest BCUT2D eigenvalue weighted by Crippen LogP contribution is 2.26. The van der Waals surface area contributed by atoms with E-state index in [4.69, 9.17) is 11.6 Å². The normalized spacial score (nSPS) is 10.6. The van der Waals surface area contributed by atoms with Crippen LogP contribution in [0.25, 0.3) is 5.69 Å². The smallest absolute Gasteiger partial charge is 0.227 e. The van der Waals surface area contributed by atoms with Gasteiger partial charge in [-0.3, -0.25) is 14.6 Å². The number of pyridine rings is 1. The molecule has 24 heavy (non-hydrogen) atoms. The maximum atomic E-state index is 12.4. The molecule has 2 rings (SSSR count). The van der Waals surface area contributed by atoms with Crippen molar-refractivity contribution >= 4 is 40.7 Å². The highest BCUT2D eigenvalue weighted by atomic mass is 35.5. The van der Waals surface area contributed by atoms with Crippen LogP contribution in [0.1, 0.15) is 20.3 Å². The van der Waals surface area contributed by atoms with Gasteiger partial charge in [0.05, 0.1) is 23.8 Å². The standard InChI is InChI=1S/C16H19ClN4O2S/c1-3-20(15(23)6-8-24-11-12(2)22)14-10-21(19-16(14)17)13-5-4-7-18-9-13/h4-5,7,9-10H,3,6,8,11H2,1-2H3.